The zero-order valence-electron chi connectivity index (χ0n) is 19.8. The van der Waals surface area contributed by atoms with Crippen LogP contribution in [0.3, 0.4) is 0 Å². The monoisotopic (exact) mass is 491 g/mol. The lowest BCUT2D eigenvalue weighted by atomic mass is 9.93. The standard InChI is InChI=1S/C26H25N3O5S/c1-5-34-25(31)22-16(4)27-26-28(23(22)19-11-9-18(10-12-19)15(2)3)24(30)21(35-26)14-17-7-6-8-20(13-17)29(32)33/h6-15,23H,5H2,1-4H3/b21-14-/t23-/m0/s1. The Bertz CT molecular complexity index is 1510. The van der Waals surface area contributed by atoms with Gasteiger partial charge in [0.2, 0.25) is 0 Å². The lowest BCUT2D eigenvalue weighted by Crippen LogP contribution is -2.39. The second-order valence-corrected chi connectivity index (χ2v) is 9.48. The lowest BCUT2D eigenvalue weighted by molar-refractivity contribution is -0.384. The van der Waals surface area contributed by atoms with Gasteiger partial charge in [-0.25, -0.2) is 9.79 Å². The molecule has 8 nitrogen and oxygen atoms in total. The molecule has 0 N–H and O–H groups in total. The van der Waals surface area contributed by atoms with Crippen molar-refractivity contribution in [2.24, 2.45) is 4.99 Å². The molecule has 0 unspecified atom stereocenters. The fourth-order valence-electron chi connectivity index (χ4n) is 4.05. The predicted octanol–water partition coefficient (Wildman–Crippen LogP) is 3.83. The molecule has 1 atom stereocenters. The Kier molecular flexibility index (Phi) is 6.79. The largest absolute Gasteiger partial charge is 0.463 e. The van der Waals surface area contributed by atoms with Crippen molar-refractivity contribution in [2.75, 3.05) is 6.61 Å². The topological polar surface area (TPSA) is 104 Å². The number of esters is 1. The van der Waals surface area contributed by atoms with Gasteiger partial charge in [0.1, 0.15) is 0 Å². The number of hydrogen-bond donors (Lipinski definition) is 0. The minimum absolute atomic E-state index is 0.0601. The van der Waals surface area contributed by atoms with E-state index in [0.29, 0.717) is 32.1 Å². The van der Waals surface area contributed by atoms with Crippen molar-refractivity contribution in [1.82, 2.24) is 4.57 Å². The number of benzene rings is 2. The molecular weight excluding hydrogens is 466 g/mol. The van der Waals surface area contributed by atoms with Crippen LogP contribution in [-0.4, -0.2) is 22.1 Å². The van der Waals surface area contributed by atoms with Crippen molar-refractivity contribution in [3.63, 3.8) is 0 Å². The van der Waals surface area contributed by atoms with E-state index in [2.05, 4.69) is 18.8 Å². The van der Waals surface area contributed by atoms with Crippen molar-refractivity contribution in [3.8, 4) is 0 Å². The van der Waals surface area contributed by atoms with Crippen LogP contribution >= 0.6 is 11.3 Å². The summed E-state index contributed by atoms with van der Waals surface area (Å²) < 4.78 is 7.20. The molecule has 180 valence electrons. The molecule has 1 aliphatic rings. The summed E-state index contributed by atoms with van der Waals surface area (Å²) >= 11 is 1.18. The first-order valence-electron chi connectivity index (χ1n) is 11.2. The van der Waals surface area contributed by atoms with Crippen molar-refractivity contribution >= 4 is 29.1 Å². The van der Waals surface area contributed by atoms with Crippen LogP contribution in [-0.2, 0) is 9.53 Å². The molecule has 3 aromatic rings. The molecule has 0 bridgehead atoms. The fourth-order valence-corrected chi connectivity index (χ4v) is 5.10. The summed E-state index contributed by atoms with van der Waals surface area (Å²) in [5.74, 6) is -0.178. The van der Waals surface area contributed by atoms with Crippen LogP contribution in [0.2, 0.25) is 0 Å². The highest BCUT2D eigenvalue weighted by molar-refractivity contribution is 7.07. The minimum atomic E-state index is -0.696. The van der Waals surface area contributed by atoms with Gasteiger partial charge in [0.25, 0.3) is 11.2 Å². The molecule has 35 heavy (non-hydrogen) atoms. The van der Waals surface area contributed by atoms with Crippen LogP contribution in [0.5, 0.6) is 0 Å². The summed E-state index contributed by atoms with van der Waals surface area (Å²) in [5.41, 5.74) is 2.87. The number of non-ortho nitro benzene ring substituents is 1. The molecule has 1 aromatic heterocycles. The highest BCUT2D eigenvalue weighted by atomic mass is 32.1. The summed E-state index contributed by atoms with van der Waals surface area (Å²) in [6.07, 6.45) is 1.61. The zero-order chi connectivity index (χ0) is 25.3. The van der Waals surface area contributed by atoms with Crippen molar-refractivity contribution in [3.05, 3.63) is 106 Å². The Morgan fingerprint density at radius 2 is 1.97 bits per heavy atom. The first-order valence-corrected chi connectivity index (χ1v) is 12.1. The smallest absolute Gasteiger partial charge is 0.338 e. The molecule has 0 saturated carbocycles. The maximum Gasteiger partial charge on any atom is 0.338 e. The Hall–Kier alpha value is -3.85. The van der Waals surface area contributed by atoms with Gasteiger partial charge in [0.05, 0.1) is 33.4 Å². The van der Waals surface area contributed by atoms with Crippen LogP contribution in [0.4, 0.5) is 5.69 Å². The number of allylic oxidation sites excluding steroid dienone is 1. The highest BCUT2D eigenvalue weighted by Gasteiger charge is 2.33. The van der Waals surface area contributed by atoms with Crippen molar-refractivity contribution in [2.45, 2.75) is 39.7 Å². The number of nitro groups is 1. The maximum atomic E-state index is 13.6. The normalized spacial score (nSPS) is 15.7. The third-order valence-corrected chi connectivity index (χ3v) is 6.80. The van der Waals surface area contributed by atoms with Gasteiger partial charge in [-0.2, -0.15) is 0 Å². The number of carbonyl (C=O) groups excluding carboxylic acids is 1. The van der Waals surface area contributed by atoms with E-state index in [1.54, 1.807) is 32.1 Å². The molecule has 0 radical (unpaired) electrons. The van der Waals surface area contributed by atoms with Crippen molar-refractivity contribution in [1.29, 1.82) is 0 Å². The quantitative estimate of drug-likeness (QED) is 0.296. The summed E-state index contributed by atoms with van der Waals surface area (Å²) in [4.78, 5) is 42.2. The number of aromatic nitrogens is 1. The number of carbonyl (C=O) groups is 1. The average molecular weight is 492 g/mol. The molecular formula is C26H25N3O5S. The van der Waals surface area contributed by atoms with Crippen LogP contribution in [0, 0.1) is 10.1 Å². The molecule has 4 rings (SSSR count). The van der Waals surface area contributed by atoms with Crippen molar-refractivity contribution < 1.29 is 14.5 Å². The maximum absolute atomic E-state index is 13.6. The number of thiazole rings is 1. The molecule has 0 saturated heterocycles. The number of nitro benzene ring substituents is 1. The van der Waals surface area contributed by atoms with E-state index in [1.807, 2.05) is 24.3 Å². The Morgan fingerprint density at radius 1 is 1.26 bits per heavy atom. The highest BCUT2D eigenvalue weighted by Crippen LogP contribution is 2.31. The Labute approximate surface area is 205 Å². The second kappa shape index (κ2) is 9.79. The summed E-state index contributed by atoms with van der Waals surface area (Å²) in [6, 6.07) is 13.2. The third-order valence-electron chi connectivity index (χ3n) is 5.81. The number of ether oxygens (including phenoxy) is 1. The molecule has 2 aromatic carbocycles. The zero-order valence-corrected chi connectivity index (χ0v) is 20.7. The number of fused-ring (bicyclic) bond motifs is 1. The van der Waals surface area contributed by atoms with Gasteiger partial charge < -0.3 is 4.74 Å². The minimum Gasteiger partial charge on any atom is -0.463 e. The van der Waals surface area contributed by atoms with Crippen LogP contribution in [0.15, 0.2) is 69.6 Å². The average Bonchev–Trinajstić information content (AvgIpc) is 3.12. The van der Waals surface area contributed by atoms with Gasteiger partial charge in [-0.15, -0.1) is 0 Å². The summed E-state index contributed by atoms with van der Waals surface area (Å²) in [7, 11) is 0. The summed E-state index contributed by atoms with van der Waals surface area (Å²) in [5, 5.41) is 11.2. The molecule has 2 heterocycles. The molecule has 0 amide bonds. The predicted molar refractivity (Wildman–Crippen MR) is 134 cm³/mol. The number of rotatable bonds is 6. The van der Waals surface area contributed by atoms with Gasteiger partial charge in [0.15, 0.2) is 4.80 Å². The number of nitrogens with zero attached hydrogens (tertiary/aromatic N) is 3. The van der Waals surface area contributed by atoms with E-state index in [9.17, 15) is 19.7 Å². The lowest BCUT2D eigenvalue weighted by Gasteiger charge is -2.25. The van der Waals surface area contributed by atoms with Crippen LogP contribution in [0.1, 0.15) is 56.3 Å². The van der Waals surface area contributed by atoms with Gasteiger partial charge in [-0.1, -0.05) is 61.6 Å². The Balaban J connectivity index is 1.92. The van der Waals surface area contributed by atoms with Gasteiger partial charge in [-0.3, -0.25) is 19.5 Å². The molecule has 0 aliphatic carbocycles. The first-order chi connectivity index (χ1) is 16.7. The van der Waals surface area contributed by atoms with Gasteiger partial charge in [0, 0.05) is 12.1 Å². The Morgan fingerprint density at radius 3 is 2.60 bits per heavy atom. The van der Waals surface area contributed by atoms with E-state index in [-0.39, 0.29) is 17.9 Å². The number of hydrogen-bond acceptors (Lipinski definition) is 7. The van der Waals surface area contributed by atoms with E-state index in [0.717, 1.165) is 11.1 Å². The first kappa shape index (κ1) is 24.3. The fraction of sp³-hybridized carbons (Fsp3) is 0.269. The van der Waals surface area contributed by atoms with Crippen LogP contribution < -0.4 is 14.9 Å². The molecule has 0 fully saturated rings. The summed E-state index contributed by atoms with van der Waals surface area (Å²) in [6.45, 7) is 7.86. The molecule has 9 heteroatoms. The van der Waals surface area contributed by atoms with E-state index in [4.69, 9.17) is 4.74 Å². The third kappa shape index (κ3) is 4.72. The van der Waals surface area contributed by atoms with E-state index < -0.39 is 16.9 Å². The van der Waals surface area contributed by atoms with E-state index >= 15 is 0 Å². The van der Waals surface area contributed by atoms with Gasteiger partial charge in [-0.05, 0) is 42.5 Å². The second-order valence-electron chi connectivity index (χ2n) is 8.48. The molecule has 0 spiro atoms. The SMILES string of the molecule is CCOC(=O)C1=C(C)N=c2s/c(=C\c3cccc([N+](=O)[O-])c3)c(=O)n2[C@H]1c1ccc(C(C)C)cc1. The van der Waals surface area contributed by atoms with Crippen LogP contribution in [0.25, 0.3) is 6.08 Å². The molecule has 1 aliphatic heterocycles. The van der Waals surface area contributed by atoms with Gasteiger partial charge >= 0.3 is 5.97 Å². The van der Waals surface area contributed by atoms with E-state index in [1.165, 1.54) is 28.0 Å².